The van der Waals surface area contributed by atoms with Crippen molar-refractivity contribution >= 4 is 39.3 Å². The molecule has 0 radical (unpaired) electrons. The molecule has 0 unspecified atom stereocenters. The largest absolute Gasteiger partial charge is 0.468 e. The third-order valence-electron chi connectivity index (χ3n) is 5.19. The number of aryl methyl sites for hydroxylation is 1. The topological polar surface area (TPSA) is 111 Å². The van der Waals surface area contributed by atoms with Crippen molar-refractivity contribution in [2.75, 3.05) is 26.7 Å². The first-order valence-electron chi connectivity index (χ1n) is 9.43. The number of piperidine rings is 1. The third kappa shape index (κ3) is 4.47. The molecule has 0 spiro atoms. The number of fused-ring (bicyclic) bond motifs is 1. The molecule has 29 heavy (non-hydrogen) atoms. The van der Waals surface area contributed by atoms with Crippen molar-refractivity contribution in [1.82, 2.24) is 19.8 Å². The fourth-order valence-electron chi connectivity index (χ4n) is 3.30. The highest BCUT2D eigenvalue weighted by Crippen LogP contribution is 2.26. The zero-order chi connectivity index (χ0) is 21.1. The monoisotopic (exact) mass is 420 g/mol. The van der Waals surface area contributed by atoms with E-state index in [1.165, 1.54) is 18.0 Å². The second-order valence-corrected chi connectivity index (χ2v) is 8.24. The second kappa shape index (κ2) is 8.73. The van der Waals surface area contributed by atoms with Crippen LogP contribution in [-0.2, 0) is 20.9 Å². The number of nitrogens with zero attached hydrogens (tertiary/aromatic N) is 3. The summed E-state index contributed by atoms with van der Waals surface area (Å²) in [5.41, 5.74) is 0.132. The number of esters is 1. The maximum Gasteiger partial charge on any atom is 0.325 e. The van der Waals surface area contributed by atoms with Gasteiger partial charge in [0, 0.05) is 13.1 Å². The Hall–Kier alpha value is -2.75. The van der Waals surface area contributed by atoms with E-state index in [1.54, 1.807) is 11.8 Å². The molecular formula is C19H24N4O5S. The molecule has 2 aromatic rings. The van der Waals surface area contributed by atoms with Crippen LogP contribution in [0.15, 0.2) is 11.1 Å². The van der Waals surface area contributed by atoms with E-state index in [2.05, 4.69) is 22.0 Å². The third-order valence-corrected chi connectivity index (χ3v) is 6.39. The first-order valence-corrected chi connectivity index (χ1v) is 10.2. The summed E-state index contributed by atoms with van der Waals surface area (Å²) >= 11 is 1.08. The number of methoxy groups -OCH3 is 1. The minimum absolute atomic E-state index is 0.0741. The molecule has 3 heterocycles. The maximum atomic E-state index is 12.9. The summed E-state index contributed by atoms with van der Waals surface area (Å²) in [7, 11) is 1.23. The lowest BCUT2D eigenvalue weighted by Crippen LogP contribution is -2.41. The molecule has 1 saturated heterocycles. The van der Waals surface area contributed by atoms with Crippen LogP contribution in [0.1, 0.15) is 35.0 Å². The smallest absolute Gasteiger partial charge is 0.325 e. The summed E-state index contributed by atoms with van der Waals surface area (Å²) in [6.45, 7) is 4.90. The Kier molecular flexibility index (Phi) is 6.31. The summed E-state index contributed by atoms with van der Waals surface area (Å²) in [5, 5.41) is 2.78. The molecule has 2 amide bonds. The fraction of sp³-hybridized carbons (Fsp3) is 0.526. The number of ether oxygens (including phenoxy) is 1. The van der Waals surface area contributed by atoms with Gasteiger partial charge in [-0.25, -0.2) is 4.98 Å². The average molecular weight is 420 g/mol. The van der Waals surface area contributed by atoms with Crippen molar-refractivity contribution in [2.24, 2.45) is 5.92 Å². The zero-order valence-corrected chi connectivity index (χ0v) is 17.5. The Morgan fingerprint density at radius 3 is 2.66 bits per heavy atom. The molecule has 1 N–H and O–H groups in total. The molecule has 0 saturated carbocycles. The van der Waals surface area contributed by atoms with Gasteiger partial charge in [-0.2, -0.15) is 0 Å². The van der Waals surface area contributed by atoms with Crippen molar-refractivity contribution < 1.29 is 19.1 Å². The number of aromatic nitrogens is 2. The van der Waals surface area contributed by atoms with E-state index < -0.39 is 11.9 Å². The molecule has 10 heteroatoms. The number of carbonyl (C=O) groups excluding carboxylic acids is 3. The number of thiophene rings is 1. The number of likely N-dealkylation sites (tertiary alicyclic amines) is 1. The molecule has 0 atom stereocenters. The number of rotatable bonds is 5. The first-order chi connectivity index (χ1) is 13.8. The molecule has 2 aromatic heterocycles. The molecule has 3 rings (SSSR count). The number of carbonyl (C=O) groups is 3. The van der Waals surface area contributed by atoms with E-state index in [1.807, 2.05) is 0 Å². The minimum Gasteiger partial charge on any atom is -0.468 e. The van der Waals surface area contributed by atoms with Crippen molar-refractivity contribution in [3.05, 3.63) is 27.1 Å². The predicted molar refractivity (Wildman–Crippen MR) is 108 cm³/mol. The molecule has 9 nitrogen and oxygen atoms in total. The summed E-state index contributed by atoms with van der Waals surface area (Å²) in [6, 6.07) is 0. The van der Waals surface area contributed by atoms with Gasteiger partial charge >= 0.3 is 5.97 Å². The number of hydrogen-bond donors (Lipinski definition) is 1. The van der Waals surface area contributed by atoms with Gasteiger partial charge in [-0.1, -0.05) is 6.92 Å². The van der Waals surface area contributed by atoms with E-state index in [9.17, 15) is 19.2 Å². The number of hydrogen-bond acceptors (Lipinski definition) is 7. The fourth-order valence-corrected chi connectivity index (χ4v) is 4.35. The van der Waals surface area contributed by atoms with E-state index in [0.717, 1.165) is 24.2 Å². The van der Waals surface area contributed by atoms with Crippen LogP contribution < -0.4 is 10.9 Å². The average Bonchev–Trinajstić information content (AvgIpc) is 3.05. The SMILES string of the molecule is COC(=O)CNC(=O)c1sc2ncn(CC(=O)N3CCC(C)CC3)c(=O)c2c1C. The molecule has 156 valence electrons. The summed E-state index contributed by atoms with van der Waals surface area (Å²) in [4.78, 5) is 55.8. The normalized spacial score (nSPS) is 14.8. The van der Waals surface area contributed by atoms with Crippen LogP contribution in [-0.4, -0.2) is 59.0 Å². The van der Waals surface area contributed by atoms with Crippen molar-refractivity contribution in [1.29, 1.82) is 0 Å². The van der Waals surface area contributed by atoms with Crippen LogP contribution in [0.2, 0.25) is 0 Å². The van der Waals surface area contributed by atoms with Gasteiger partial charge in [0.2, 0.25) is 5.91 Å². The molecule has 1 fully saturated rings. The summed E-state index contributed by atoms with van der Waals surface area (Å²) < 4.78 is 5.79. The van der Waals surface area contributed by atoms with Crippen LogP contribution >= 0.6 is 11.3 Å². The Balaban J connectivity index is 1.81. The second-order valence-electron chi connectivity index (χ2n) is 7.24. The summed E-state index contributed by atoms with van der Waals surface area (Å²) in [5.74, 6) is -0.537. The van der Waals surface area contributed by atoms with Crippen molar-refractivity contribution in [2.45, 2.75) is 33.2 Å². The van der Waals surface area contributed by atoms with Crippen LogP contribution in [0.3, 0.4) is 0 Å². The quantitative estimate of drug-likeness (QED) is 0.721. The lowest BCUT2D eigenvalue weighted by Gasteiger charge is -2.30. The Morgan fingerprint density at radius 1 is 1.31 bits per heavy atom. The van der Waals surface area contributed by atoms with Gasteiger partial charge in [0.1, 0.15) is 17.9 Å². The first kappa shape index (κ1) is 21.0. The Bertz CT molecular complexity index is 1000. The van der Waals surface area contributed by atoms with Gasteiger partial charge < -0.3 is 15.0 Å². The molecule has 0 aromatic carbocycles. The van der Waals surface area contributed by atoms with Crippen LogP contribution in [0.25, 0.3) is 10.2 Å². The highest BCUT2D eigenvalue weighted by atomic mass is 32.1. The Labute approximate surface area is 171 Å². The predicted octanol–water partition coefficient (Wildman–Crippen LogP) is 0.928. The van der Waals surface area contributed by atoms with Gasteiger partial charge in [0.25, 0.3) is 11.5 Å². The Morgan fingerprint density at radius 2 is 2.00 bits per heavy atom. The number of nitrogens with one attached hydrogen (secondary N) is 1. The minimum atomic E-state index is -0.566. The molecular weight excluding hydrogens is 396 g/mol. The van der Waals surface area contributed by atoms with Gasteiger partial charge in [-0.05, 0) is 31.2 Å². The highest BCUT2D eigenvalue weighted by molar-refractivity contribution is 7.20. The van der Waals surface area contributed by atoms with E-state index in [-0.39, 0.29) is 24.6 Å². The van der Waals surface area contributed by atoms with Gasteiger partial charge in [0.05, 0.1) is 23.7 Å². The highest BCUT2D eigenvalue weighted by Gasteiger charge is 2.23. The van der Waals surface area contributed by atoms with Crippen molar-refractivity contribution in [3.63, 3.8) is 0 Å². The van der Waals surface area contributed by atoms with Gasteiger partial charge in [-0.3, -0.25) is 23.7 Å². The van der Waals surface area contributed by atoms with Crippen LogP contribution in [0, 0.1) is 12.8 Å². The summed E-state index contributed by atoms with van der Waals surface area (Å²) in [6.07, 6.45) is 3.28. The molecule has 0 aliphatic carbocycles. The van der Waals surface area contributed by atoms with Gasteiger partial charge in [0.15, 0.2) is 0 Å². The lowest BCUT2D eigenvalue weighted by molar-refractivity contribution is -0.139. The zero-order valence-electron chi connectivity index (χ0n) is 16.7. The van der Waals surface area contributed by atoms with Crippen LogP contribution in [0.4, 0.5) is 0 Å². The van der Waals surface area contributed by atoms with E-state index in [0.29, 0.717) is 39.7 Å². The lowest BCUT2D eigenvalue weighted by atomic mass is 9.99. The van der Waals surface area contributed by atoms with E-state index in [4.69, 9.17) is 0 Å². The number of amides is 2. The molecule has 1 aliphatic heterocycles. The molecule has 1 aliphatic rings. The van der Waals surface area contributed by atoms with Gasteiger partial charge in [-0.15, -0.1) is 11.3 Å². The molecule has 0 bridgehead atoms. The standard InChI is InChI=1S/C19H24N4O5S/c1-11-4-6-22(7-5-11)13(24)9-23-10-21-18-15(19(23)27)12(2)16(29-18)17(26)20-8-14(25)28-3/h10-11H,4-9H2,1-3H3,(H,20,26). The van der Waals surface area contributed by atoms with Crippen molar-refractivity contribution in [3.8, 4) is 0 Å². The van der Waals surface area contributed by atoms with Crippen LogP contribution in [0.5, 0.6) is 0 Å². The maximum absolute atomic E-state index is 12.9. The van der Waals surface area contributed by atoms with E-state index >= 15 is 0 Å².